The third-order valence-electron chi connectivity index (χ3n) is 5.55. The minimum atomic E-state index is -4.31. The molecule has 0 saturated heterocycles. The highest BCUT2D eigenvalue weighted by Crippen LogP contribution is 2.31. The molecule has 0 aliphatic rings. The first-order chi connectivity index (χ1) is 14.4. The van der Waals surface area contributed by atoms with E-state index in [4.69, 9.17) is 4.98 Å². The number of nitrogens with zero attached hydrogens (tertiary/aromatic N) is 2. The van der Waals surface area contributed by atoms with Crippen LogP contribution >= 0.6 is 0 Å². The second kappa shape index (κ2) is 7.98. The highest BCUT2D eigenvalue weighted by molar-refractivity contribution is 5.84. The summed E-state index contributed by atoms with van der Waals surface area (Å²) in [6.45, 7) is 4.79. The second-order valence-corrected chi connectivity index (χ2v) is 7.43. The maximum atomic E-state index is 12.8. The molecule has 0 spiro atoms. The molecule has 4 rings (SSSR count). The predicted octanol–water partition coefficient (Wildman–Crippen LogP) is 6.90. The fourth-order valence-electron chi connectivity index (χ4n) is 3.93. The quantitative estimate of drug-likeness (QED) is 0.351. The summed E-state index contributed by atoms with van der Waals surface area (Å²) >= 11 is 0. The van der Waals surface area contributed by atoms with Crippen LogP contribution in [0.15, 0.2) is 67.0 Å². The first-order valence-corrected chi connectivity index (χ1v) is 10.1. The van der Waals surface area contributed by atoms with Crippen LogP contribution in [0.5, 0.6) is 0 Å². The van der Waals surface area contributed by atoms with Gasteiger partial charge in [-0.05, 0) is 53.8 Å². The zero-order valence-corrected chi connectivity index (χ0v) is 17.0. The van der Waals surface area contributed by atoms with Gasteiger partial charge in [0.25, 0.3) is 0 Å². The summed E-state index contributed by atoms with van der Waals surface area (Å²) in [6, 6.07) is 15.9. The van der Waals surface area contributed by atoms with Crippen molar-refractivity contribution in [3.05, 3.63) is 89.2 Å². The molecule has 0 radical (unpaired) electrons. The average Bonchev–Trinajstić information content (AvgIpc) is 3.14. The Kier molecular flexibility index (Phi) is 5.37. The summed E-state index contributed by atoms with van der Waals surface area (Å²) in [7, 11) is 0. The summed E-state index contributed by atoms with van der Waals surface area (Å²) in [5.74, 6) is 0. The molecule has 2 aromatic carbocycles. The Bertz CT molecular complexity index is 1150. The van der Waals surface area contributed by atoms with E-state index in [1.165, 1.54) is 28.8 Å². The molecule has 2 nitrogen and oxygen atoms in total. The van der Waals surface area contributed by atoms with Gasteiger partial charge >= 0.3 is 6.18 Å². The van der Waals surface area contributed by atoms with E-state index in [0.717, 1.165) is 47.1 Å². The highest BCUT2D eigenvalue weighted by atomic mass is 19.4. The largest absolute Gasteiger partial charge is 0.416 e. The standard InChI is InChI=1S/C25H23F3N2/c1-3-18-6-5-7-19(4-2)24(18)22-14-20-12-13-30(23(20)15-29-22)16-17-8-10-21(11-9-17)25(26,27)28/h5-15H,3-4,16H2,1-2H3. The number of hydrogen-bond donors (Lipinski definition) is 0. The number of aromatic nitrogens is 2. The van der Waals surface area contributed by atoms with Gasteiger partial charge in [-0.3, -0.25) is 4.98 Å². The molecular weight excluding hydrogens is 385 g/mol. The maximum Gasteiger partial charge on any atom is 0.416 e. The molecule has 5 heteroatoms. The molecule has 154 valence electrons. The molecule has 0 saturated carbocycles. The summed E-state index contributed by atoms with van der Waals surface area (Å²) in [4.78, 5) is 4.75. The number of aryl methyl sites for hydroxylation is 2. The van der Waals surface area contributed by atoms with Crippen molar-refractivity contribution in [2.45, 2.75) is 39.4 Å². The lowest BCUT2D eigenvalue weighted by Gasteiger charge is -2.13. The third kappa shape index (κ3) is 3.84. The van der Waals surface area contributed by atoms with Crippen LogP contribution in [-0.2, 0) is 25.6 Å². The van der Waals surface area contributed by atoms with Crippen molar-refractivity contribution in [3.8, 4) is 11.3 Å². The molecule has 0 aliphatic heterocycles. The van der Waals surface area contributed by atoms with E-state index < -0.39 is 11.7 Å². The van der Waals surface area contributed by atoms with E-state index in [1.807, 2.05) is 23.0 Å². The lowest BCUT2D eigenvalue weighted by Crippen LogP contribution is -2.05. The van der Waals surface area contributed by atoms with Crippen molar-refractivity contribution < 1.29 is 13.2 Å². The van der Waals surface area contributed by atoms with E-state index in [0.29, 0.717) is 6.54 Å². The Balaban J connectivity index is 1.67. The van der Waals surface area contributed by atoms with Gasteiger partial charge in [-0.15, -0.1) is 0 Å². The summed E-state index contributed by atoms with van der Waals surface area (Å²) in [5.41, 5.74) is 5.89. The molecule has 4 aromatic rings. The van der Waals surface area contributed by atoms with Gasteiger partial charge in [-0.1, -0.05) is 44.2 Å². The lowest BCUT2D eigenvalue weighted by molar-refractivity contribution is -0.137. The van der Waals surface area contributed by atoms with Crippen LogP contribution in [0.1, 0.15) is 36.1 Å². The van der Waals surface area contributed by atoms with E-state index in [9.17, 15) is 13.2 Å². The molecule has 0 bridgehead atoms. The van der Waals surface area contributed by atoms with Crippen LogP contribution in [0.2, 0.25) is 0 Å². The minimum absolute atomic E-state index is 0.494. The highest BCUT2D eigenvalue weighted by Gasteiger charge is 2.29. The monoisotopic (exact) mass is 408 g/mol. The van der Waals surface area contributed by atoms with Gasteiger partial charge in [0.05, 0.1) is 23.0 Å². The number of fused-ring (bicyclic) bond motifs is 1. The van der Waals surface area contributed by atoms with E-state index in [2.05, 4.69) is 38.1 Å². The van der Waals surface area contributed by atoms with Crippen molar-refractivity contribution in [1.29, 1.82) is 0 Å². The van der Waals surface area contributed by atoms with Crippen LogP contribution < -0.4 is 0 Å². The minimum Gasteiger partial charge on any atom is -0.342 e. The SMILES string of the molecule is CCc1cccc(CC)c1-c1cc2ccn(Cc3ccc(C(F)(F)F)cc3)c2cn1. The number of hydrogen-bond acceptors (Lipinski definition) is 1. The van der Waals surface area contributed by atoms with Gasteiger partial charge in [-0.25, -0.2) is 0 Å². The molecule has 0 N–H and O–H groups in total. The molecule has 30 heavy (non-hydrogen) atoms. The Morgan fingerprint density at radius 3 is 2.17 bits per heavy atom. The molecule has 0 atom stereocenters. The van der Waals surface area contributed by atoms with Crippen molar-refractivity contribution in [3.63, 3.8) is 0 Å². The fourth-order valence-corrected chi connectivity index (χ4v) is 3.93. The normalized spacial score (nSPS) is 11.9. The van der Waals surface area contributed by atoms with Gasteiger partial charge in [0, 0.05) is 23.7 Å². The topological polar surface area (TPSA) is 17.8 Å². The molecule has 0 amide bonds. The summed E-state index contributed by atoms with van der Waals surface area (Å²) in [5, 5.41) is 1.07. The van der Waals surface area contributed by atoms with E-state index in [-0.39, 0.29) is 0 Å². The van der Waals surface area contributed by atoms with Crippen LogP contribution in [0, 0.1) is 0 Å². The van der Waals surface area contributed by atoms with Gasteiger partial charge in [-0.2, -0.15) is 13.2 Å². The van der Waals surface area contributed by atoms with Gasteiger partial charge in [0.1, 0.15) is 0 Å². The van der Waals surface area contributed by atoms with Gasteiger partial charge < -0.3 is 4.57 Å². The number of halogens is 3. The zero-order chi connectivity index (χ0) is 21.3. The molecule has 0 unspecified atom stereocenters. The second-order valence-electron chi connectivity index (χ2n) is 7.43. The summed E-state index contributed by atoms with van der Waals surface area (Å²) < 4.78 is 40.3. The van der Waals surface area contributed by atoms with Crippen LogP contribution in [0.4, 0.5) is 13.2 Å². The number of alkyl halides is 3. The number of rotatable bonds is 5. The Hall–Kier alpha value is -3.08. The Labute approximate surface area is 174 Å². The van der Waals surface area contributed by atoms with Gasteiger partial charge in [0.2, 0.25) is 0 Å². The fraction of sp³-hybridized carbons (Fsp3) is 0.240. The van der Waals surface area contributed by atoms with E-state index >= 15 is 0 Å². The lowest BCUT2D eigenvalue weighted by atomic mass is 9.94. The maximum absolute atomic E-state index is 12.8. The molecule has 2 heterocycles. The Morgan fingerprint density at radius 1 is 0.900 bits per heavy atom. The third-order valence-corrected chi connectivity index (χ3v) is 5.55. The van der Waals surface area contributed by atoms with E-state index in [1.54, 1.807) is 0 Å². The van der Waals surface area contributed by atoms with Crippen molar-refractivity contribution in [1.82, 2.24) is 9.55 Å². The summed E-state index contributed by atoms with van der Waals surface area (Å²) in [6.07, 6.45) is 1.39. The zero-order valence-electron chi connectivity index (χ0n) is 17.0. The Morgan fingerprint density at radius 2 is 1.57 bits per heavy atom. The molecular formula is C25H23F3N2. The average molecular weight is 408 g/mol. The number of pyridine rings is 1. The van der Waals surface area contributed by atoms with Crippen molar-refractivity contribution >= 4 is 10.9 Å². The number of benzene rings is 2. The van der Waals surface area contributed by atoms with Crippen LogP contribution in [-0.4, -0.2) is 9.55 Å². The molecule has 0 fully saturated rings. The first kappa shape index (κ1) is 20.2. The van der Waals surface area contributed by atoms with Gasteiger partial charge in [0.15, 0.2) is 0 Å². The van der Waals surface area contributed by atoms with Crippen LogP contribution in [0.25, 0.3) is 22.2 Å². The van der Waals surface area contributed by atoms with Crippen LogP contribution in [0.3, 0.4) is 0 Å². The van der Waals surface area contributed by atoms with Crippen molar-refractivity contribution in [2.24, 2.45) is 0 Å². The molecule has 0 aliphatic carbocycles. The smallest absolute Gasteiger partial charge is 0.342 e. The van der Waals surface area contributed by atoms with Crippen molar-refractivity contribution in [2.75, 3.05) is 0 Å². The predicted molar refractivity (Wildman–Crippen MR) is 114 cm³/mol. The molecule has 2 aromatic heterocycles. The first-order valence-electron chi connectivity index (χ1n) is 10.1.